The Morgan fingerprint density at radius 1 is 1.19 bits per heavy atom. The van der Waals surface area contributed by atoms with Crippen molar-refractivity contribution in [2.24, 2.45) is 0 Å². The summed E-state index contributed by atoms with van der Waals surface area (Å²) in [6.45, 7) is 4.61. The number of rotatable bonds is 8. The molecule has 3 amide bonds. The molecular weight excluding hydrogens is 368 g/mol. The number of amides is 3. The number of carbonyl (C=O) groups is 3. The number of likely N-dealkylation sites (N-methyl/N-ethyl adjacent to an activating group) is 2. The van der Waals surface area contributed by atoms with E-state index in [9.17, 15) is 14.4 Å². The van der Waals surface area contributed by atoms with E-state index in [2.05, 4.69) is 15.0 Å². The van der Waals surface area contributed by atoms with Crippen molar-refractivity contribution in [2.75, 3.05) is 33.3 Å². The normalized spacial score (nSPS) is 10.8. The zero-order valence-corrected chi connectivity index (χ0v) is 16.5. The lowest BCUT2D eigenvalue weighted by Gasteiger charge is -2.22. The second kappa shape index (κ2) is 9.98. The summed E-state index contributed by atoms with van der Waals surface area (Å²) in [6, 6.07) is 7.83. The molecular formula is C18H24N4O4S. The maximum Gasteiger partial charge on any atom is 0.413 e. The van der Waals surface area contributed by atoms with Crippen LogP contribution in [-0.2, 0) is 20.9 Å². The first-order valence-electron chi connectivity index (χ1n) is 8.70. The summed E-state index contributed by atoms with van der Waals surface area (Å²) in [7, 11) is 1.71. The third-order valence-electron chi connectivity index (χ3n) is 3.83. The van der Waals surface area contributed by atoms with Gasteiger partial charge in [0.05, 0.1) is 36.5 Å². The van der Waals surface area contributed by atoms with Gasteiger partial charge in [0.25, 0.3) is 0 Å². The number of ether oxygens (including phenoxy) is 1. The summed E-state index contributed by atoms with van der Waals surface area (Å²) in [5.74, 6) is -0.628. The van der Waals surface area contributed by atoms with Crippen molar-refractivity contribution >= 4 is 39.5 Å². The number of para-hydroxylation sites is 1. The monoisotopic (exact) mass is 392 g/mol. The number of hydrogen-bond acceptors (Lipinski definition) is 7. The molecule has 0 bridgehead atoms. The molecule has 1 heterocycles. The number of aromatic nitrogens is 1. The highest BCUT2D eigenvalue weighted by molar-refractivity contribution is 7.18. The number of hydrogen-bond donors (Lipinski definition) is 1. The summed E-state index contributed by atoms with van der Waals surface area (Å²) >= 11 is 1.56. The van der Waals surface area contributed by atoms with Crippen LogP contribution in [0.1, 0.15) is 18.9 Å². The molecule has 2 aromatic rings. The van der Waals surface area contributed by atoms with Crippen LogP contribution in [0.2, 0.25) is 0 Å². The van der Waals surface area contributed by atoms with Crippen molar-refractivity contribution in [3.8, 4) is 0 Å². The average Bonchev–Trinajstić information content (AvgIpc) is 3.03. The predicted molar refractivity (Wildman–Crippen MR) is 103 cm³/mol. The Labute approximate surface area is 162 Å². The molecule has 0 spiro atoms. The van der Waals surface area contributed by atoms with Gasteiger partial charge in [-0.3, -0.25) is 19.8 Å². The van der Waals surface area contributed by atoms with Gasteiger partial charge in [-0.2, -0.15) is 0 Å². The van der Waals surface area contributed by atoms with Crippen LogP contribution in [0.4, 0.5) is 4.79 Å². The Kier molecular flexibility index (Phi) is 7.68. The zero-order chi connectivity index (χ0) is 19.8. The number of thiazole rings is 1. The molecule has 0 aliphatic carbocycles. The number of imide groups is 1. The summed E-state index contributed by atoms with van der Waals surface area (Å²) in [5, 5.41) is 2.98. The lowest BCUT2D eigenvalue weighted by atomic mass is 10.3. The first-order chi connectivity index (χ1) is 12.9. The lowest BCUT2D eigenvalue weighted by molar-refractivity contribution is -0.132. The first kappa shape index (κ1) is 20.8. The SMILES string of the molecule is CCOC(=O)NC(=O)CN(CC)CC(=O)N(C)Cc1nc2ccccc2s1. The molecule has 0 saturated heterocycles. The van der Waals surface area contributed by atoms with Gasteiger partial charge in [0.1, 0.15) is 5.01 Å². The topological polar surface area (TPSA) is 91.8 Å². The minimum absolute atomic E-state index is 0.0595. The van der Waals surface area contributed by atoms with Gasteiger partial charge in [0.2, 0.25) is 11.8 Å². The van der Waals surface area contributed by atoms with E-state index in [1.165, 1.54) is 0 Å². The predicted octanol–water partition coefficient (Wildman–Crippen LogP) is 1.85. The van der Waals surface area contributed by atoms with E-state index < -0.39 is 12.0 Å². The number of carbonyl (C=O) groups excluding carboxylic acids is 3. The second-order valence-electron chi connectivity index (χ2n) is 5.90. The van der Waals surface area contributed by atoms with Gasteiger partial charge in [-0.25, -0.2) is 9.78 Å². The molecule has 0 radical (unpaired) electrons. The molecule has 1 aromatic carbocycles. The van der Waals surface area contributed by atoms with Crippen molar-refractivity contribution in [1.29, 1.82) is 0 Å². The third kappa shape index (κ3) is 6.30. The zero-order valence-electron chi connectivity index (χ0n) is 15.7. The van der Waals surface area contributed by atoms with Crippen LogP contribution >= 0.6 is 11.3 Å². The lowest BCUT2D eigenvalue weighted by Crippen LogP contribution is -2.44. The van der Waals surface area contributed by atoms with Crippen LogP contribution in [0.15, 0.2) is 24.3 Å². The molecule has 1 aromatic heterocycles. The fourth-order valence-electron chi connectivity index (χ4n) is 2.39. The maximum absolute atomic E-state index is 12.5. The van der Waals surface area contributed by atoms with E-state index in [0.717, 1.165) is 15.2 Å². The Hall–Kier alpha value is -2.52. The summed E-state index contributed by atoms with van der Waals surface area (Å²) < 4.78 is 5.75. The van der Waals surface area contributed by atoms with Gasteiger partial charge in [-0.15, -0.1) is 11.3 Å². The molecule has 8 nitrogen and oxygen atoms in total. The standard InChI is InChI=1S/C18H24N4O4S/c1-4-22(10-15(23)20-18(25)26-5-2)12-17(24)21(3)11-16-19-13-8-6-7-9-14(13)27-16/h6-9H,4-5,10-12H2,1-3H3,(H,20,23,25). The van der Waals surface area contributed by atoms with E-state index in [0.29, 0.717) is 13.1 Å². The van der Waals surface area contributed by atoms with Crippen molar-refractivity contribution in [3.63, 3.8) is 0 Å². The summed E-state index contributed by atoms with van der Waals surface area (Å²) in [5.41, 5.74) is 0.921. The van der Waals surface area contributed by atoms with Crippen LogP contribution in [0.5, 0.6) is 0 Å². The molecule has 9 heteroatoms. The van der Waals surface area contributed by atoms with E-state index in [1.54, 1.807) is 35.1 Å². The number of nitrogens with zero attached hydrogens (tertiary/aromatic N) is 3. The molecule has 0 atom stereocenters. The van der Waals surface area contributed by atoms with Crippen LogP contribution in [0, 0.1) is 0 Å². The summed E-state index contributed by atoms with van der Waals surface area (Å²) in [4.78, 5) is 43.4. The van der Waals surface area contributed by atoms with Gasteiger partial charge in [0.15, 0.2) is 0 Å². The van der Waals surface area contributed by atoms with Gasteiger partial charge >= 0.3 is 6.09 Å². The van der Waals surface area contributed by atoms with E-state index in [1.807, 2.05) is 31.2 Å². The van der Waals surface area contributed by atoms with Crippen molar-refractivity contribution in [1.82, 2.24) is 20.1 Å². The molecule has 0 saturated carbocycles. The summed E-state index contributed by atoms with van der Waals surface area (Å²) in [6.07, 6.45) is -0.780. The van der Waals surface area contributed by atoms with E-state index in [-0.39, 0.29) is 25.6 Å². The minimum Gasteiger partial charge on any atom is -0.450 e. The molecule has 0 fully saturated rings. The van der Waals surface area contributed by atoms with Gasteiger partial charge in [-0.05, 0) is 25.6 Å². The second-order valence-corrected chi connectivity index (χ2v) is 7.01. The Morgan fingerprint density at radius 2 is 1.93 bits per heavy atom. The highest BCUT2D eigenvalue weighted by Gasteiger charge is 2.18. The average molecular weight is 392 g/mol. The molecule has 0 unspecified atom stereocenters. The fourth-order valence-corrected chi connectivity index (χ4v) is 3.41. The molecule has 27 heavy (non-hydrogen) atoms. The van der Waals surface area contributed by atoms with Crippen LogP contribution in [0.25, 0.3) is 10.2 Å². The Bertz CT molecular complexity index is 775. The van der Waals surface area contributed by atoms with E-state index >= 15 is 0 Å². The quantitative estimate of drug-likeness (QED) is 0.737. The van der Waals surface area contributed by atoms with Crippen LogP contribution in [-0.4, -0.2) is 66.0 Å². The molecule has 2 rings (SSSR count). The number of nitrogens with one attached hydrogen (secondary N) is 1. The highest BCUT2D eigenvalue weighted by Crippen LogP contribution is 2.22. The van der Waals surface area contributed by atoms with Gasteiger partial charge in [-0.1, -0.05) is 19.1 Å². The number of fused-ring (bicyclic) bond motifs is 1. The van der Waals surface area contributed by atoms with Crippen LogP contribution < -0.4 is 5.32 Å². The Balaban J connectivity index is 1.87. The van der Waals surface area contributed by atoms with Crippen molar-refractivity contribution in [2.45, 2.75) is 20.4 Å². The fraction of sp³-hybridized carbons (Fsp3) is 0.444. The molecule has 146 valence electrons. The van der Waals surface area contributed by atoms with Crippen LogP contribution in [0.3, 0.4) is 0 Å². The van der Waals surface area contributed by atoms with Crippen molar-refractivity contribution in [3.05, 3.63) is 29.3 Å². The number of benzene rings is 1. The van der Waals surface area contributed by atoms with Gasteiger partial charge in [0, 0.05) is 7.05 Å². The molecule has 0 aliphatic heterocycles. The largest absolute Gasteiger partial charge is 0.450 e. The van der Waals surface area contributed by atoms with Crippen molar-refractivity contribution < 1.29 is 19.1 Å². The third-order valence-corrected chi connectivity index (χ3v) is 4.85. The van der Waals surface area contributed by atoms with Gasteiger partial charge < -0.3 is 9.64 Å². The highest BCUT2D eigenvalue weighted by atomic mass is 32.1. The number of alkyl carbamates (subject to hydrolysis) is 1. The van der Waals surface area contributed by atoms with E-state index in [4.69, 9.17) is 0 Å². The Morgan fingerprint density at radius 3 is 2.59 bits per heavy atom. The maximum atomic E-state index is 12.5. The molecule has 1 N–H and O–H groups in total. The smallest absolute Gasteiger partial charge is 0.413 e. The minimum atomic E-state index is -0.780. The molecule has 0 aliphatic rings. The first-order valence-corrected chi connectivity index (χ1v) is 9.52.